The molecule has 5 heteroatoms. The van der Waals surface area contributed by atoms with Gasteiger partial charge in [-0.15, -0.1) is 0 Å². The second-order valence-electron chi connectivity index (χ2n) is 4.68. The van der Waals surface area contributed by atoms with E-state index in [-0.39, 0.29) is 12.3 Å². The number of carbonyl (C=O) groups is 1. The van der Waals surface area contributed by atoms with Crippen molar-refractivity contribution in [1.29, 1.82) is 0 Å². The summed E-state index contributed by atoms with van der Waals surface area (Å²) in [6, 6.07) is 11.2. The number of anilines is 1. The summed E-state index contributed by atoms with van der Waals surface area (Å²) in [5.41, 5.74) is 8.24. The highest BCUT2D eigenvalue weighted by Crippen LogP contribution is 2.11. The molecule has 1 heterocycles. The summed E-state index contributed by atoms with van der Waals surface area (Å²) < 4.78 is 5.47. The third-order valence-electron chi connectivity index (χ3n) is 2.96. The molecule has 0 aliphatic heterocycles. The summed E-state index contributed by atoms with van der Waals surface area (Å²) in [6.07, 6.45) is 1.94. The van der Waals surface area contributed by atoms with Crippen molar-refractivity contribution < 1.29 is 9.53 Å². The van der Waals surface area contributed by atoms with E-state index in [2.05, 4.69) is 10.3 Å². The summed E-state index contributed by atoms with van der Waals surface area (Å²) in [7, 11) is 0. The Kier molecular flexibility index (Phi) is 5.29. The zero-order valence-electron chi connectivity index (χ0n) is 12.0. The van der Waals surface area contributed by atoms with Gasteiger partial charge in [0.25, 0.3) is 0 Å². The SMILES string of the molecule is Cc1ccc(OCCC(=O)Nc2ccc(CN)cc2)cn1. The molecule has 0 aliphatic rings. The number of nitrogens with zero attached hydrogens (tertiary/aromatic N) is 1. The minimum absolute atomic E-state index is 0.0874. The summed E-state index contributed by atoms with van der Waals surface area (Å²) in [6.45, 7) is 2.72. The van der Waals surface area contributed by atoms with Gasteiger partial charge in [0, 0.05) is 17.9 Å². The first-order valence-corrected chi connectivity index (χ1v) is 6.81. The van der Waals surface area contributed by atoms with Crippen LogP contribution in [0.4, 0.5) is 5.69 Å². The number of ether oxygens (including phenoxy) is 1. The Morgan fingerprint density at radius 1 is 1.24 bits per heavy atom. The number of hydrogen-bond acceptors (Lipinski definition) is 4. The average molecular weight is 285 g/mol. The fraction of sp³-hybridized carbons (Fsp3) is 0.250. The Morgan fingerprint density at radius 2 is 2.00 bits per heavy atom. The molecule has 0 aliphatic carbocycles. The van der Waals surface area contributed by atoms with Gasteiger partial charge in [0.1, 0.15) is 5.75 Å². The Bertz CT molecular complexity index is 579. The van der Waals surface area contributed by atoms with Gasteiger partial charge in [-0.25, -0.2) is 0 Å². The molecule has 21 heavy (non-hydrogen) atoms. The average Bonchev–Trinajstić information content (AvgIpc) is 2.50. The van der Waals surface area contributed by atoms with Gasteiger partial charge in [0.2, 0.25) is 5.91 Å². The number of rotatable bonds is 6. The van der Waals surface area contributed by atoms with Crippen molar-refractivity contribution >= 4 is 11.6 Å². The van der Waals surface area contributed by atoms with Gasteiger partial charge >= 0.3 is 0 Å². The van der Waals surface area contributed by atoms with E-state index >= 15 is 0 Å². The monoisotopic (exact) mass is 285 g/mol. The van der Waals surface area contributed by atoms with Gasteiger partial charge in [0.05, 0.1) is 19.2 Å². The molecule has 0 fully saturated rings. The maximum Gasteiger partial charge on any atom is 0.227 e. The minimum atomic E-state index is -0.0874. The van der Waals surface area contributed by atoms with Crippen LogP contribution >= 0.6 is 0 Å². The molecule has 0 bridgehead atoms. The lowest BCUT2D eigenvalue weighted by Gasteiger charge is -2.07. The van der Waals surface area contributed by atoms with Gasteiger partial charge < -0.3 is 15.8 Å². The predicted molar refractivity (Wildman–Crippen MR) is 82.0 cm³/mol. The van der Waals surface area contributed by atoms with Crippen LogP contribution in [0.1, 0.15) is 17.7 Å². The van der Waals surface area contributed by atoms with Crippen LogP contribution in [0.3, 0.4) is 0 Å². The first-order chi connectivity index (χ1) is 10.2. The van der Waals surface area contributed by atoms with Crippen molar-refractivity contribution in [2.45, 2.75) is 19.9 Å². The molecule has 2 rings (SSSR count). The third-order valence-corrected chi connectivity index (χ3v) is 2.96. The summed E-state index contributed by atoms with van der Waals surface area (Å²) in [5, 5.41) is 2.81. The lowest BCUT2D eigenvalue weighted by molar-refractivity contribution is -0.116. The van der Waals surface area contributed by atoms with E-state index in [1.165, 1.54) is 0 Å². The molecule has 1 amide bonds. The number of pyridine rings is 1. The zero-order valence-corrected chi connectivity index (χ0v) is 12.0. The highest BCUT2D eigenvalue weighted by molar-refractivity contribution is 5.90. The number of aryl methyl sites for hydroxylation is 1. The third kappa shape index (κ3) is 4.89. The molecule has 0 spiro atoms. The molecular formula is C16H19N3O2. The van der Waals surface area contributed by atoms with Crippen LogP contribution in [-0.4, -0.2) is 17.5 Å². The lowest BCUT2D eigenvalue weighted by Crippen LogP contribution is -2.15. The van der Waals surface area contributed by atoms with Crippen LogP contribution in [0.5, 0.6) is 5.75 Å². The second kappa shape index (κ2) is 7.40. The normalized spacial score (nSPS) is 10.2. The fourth-order valence-corrected chi connectivity index (χ4v) is 1.75. The minimum Gasteiger partial charge on any atom is -0.491 e. The van der Waals surface area contributed by atoms with Crippen molar-refractivity contribution in [3.63, 3.8) is 0 Å². The Hall–Kier alpha value is -2.40. The highest BCUT2D eigenvalue weighted by atomic mass is 16.5. The van der Waals surface area contributed by atoms with Crippen LogP contribution < -0.4 is 15.8 Å². The van der Waals surface area contributed by atoms with E-state index in [9.17, 15) is 4.79 Å². The van der Waals surface area contributed by atoms with E-state index in [0.717, 1.165) is 16.9 Å². The Morgan fingerprint density at radius 3 is 2.62 bits per heavy atom. The molecule has 0 radical (unpaired) electrons. The largest absolute Gasteiger partial charge is 0.491 e. The molecule has 0 atom stereocenters. The van der Waals surface area contributed by atoms with Gasteiger partial charge in [-0.3, -0.25) is 9.78 Å². The van der Waals surface area contributed by atoms with Crippen LogP contribution in [0.2, 0.25) is 0 Å². The van der Waals surface area contributed by atoms with Crippen molar-refractivity contribution in [1.82, 2.24) is 4.98 Å². The molecule has 0 unspecified atom stereocenters. The van der Waals surface area contributed by atoms with E-state index in [1.807, 2.05) is 43.3 Å². The molecule has 0 saturated heterocycles. The van der Waals surface area contributed by atoms with Crippen LogP contribution in [0.15, 0.2) is 42.6 Å². The first kappa shape index (κ1) is 15.0. The van der Waals surface area contributed by atoms with Crippen molar-refractivity contribution in [3.05, 3.63) is 53.9 Å². The molecule has 5 nitrogen and oxygen atoms in total. The molecule has 2 aromatic rings. The van der Waals surface area contributed by atoms with Crippen LogP contribution in [-0.2, 0) is 11.3 Å². The molecule has 0 saturated carbocycles. The van der Waals surface area contributed by atoms with E-state index < -0.39 is 0 Å². The smallest absolute Gasteiger partial charge is 0.227 e. The standard InChI is InChI=1S/C16H19N3O2/c1-12-2-7-15(11-18-12)21-9-8-16(20)19-14-5-3-13(10-17)4-6-14/h2-7,11H,8-10,17H2,1H3,(H,19,20). The first-order valence-electron chi connectivity index (χ1n) is 6.81. The molecular weight excluding hydrogens is 266 g/mol. The summed E-state index contributed by atoms with van der Waals surface area (Å²) in [4.78, 5) is 15.9. The topological polar surface area (TPSA) is 77.2 Å². The fourth-order valence-electron chi connectivity index (χ4n) is 1.75. The van der Waals surface area contributed by atoms with Crippen molar-refractivity contribution in [2.24, 2.45) is 5.73 Å². The van der Waals surface area contributed by atoms with Gasteiger partial charge in [-0.1, -0.05) is 12.1 Å². The quantitative estimate of drug-likeness (QED) is 0.853. The number of benzene rings is 1. The van der Waals surface area contributed by atoms with Gasteiger partial charge in [0.15, 0.2) is 0 Å². The van der Waals surface area contributed by atoms with E-state index in [4.69, 9.17) is 10.5 Å². The lowest BCUT2D eigenvalue weighted by atomic mass is 10.2. The molecule has 3 N–H and O–H groups in total. The summed E-state index contributed by atoms with van der Waals surface area (Å²) >= 11 is 0. The number of nitrogens with one attached hydrogen (secondary N) is 1. The molecule has 1 aromatic heterocycles. The van der Waals surface area contributed by atoms with Crippen LogP contribution in [0, 0.1) is 6.92 Å². The number of hydrogen-bond donors (Lipinski definition) is 2. The number of carbonyl (C=O) groups excluding carboxylic acids is 1. The molecule has 110 valence electrons. The van der Waals surface area contributed by atoms with Crippen LogP contribution in [0.25, 0.3) is 0 Å². The number of aromatic nitrogens is 1. The maximum absolute atomic E-state index is 11.8. The molecule has 1 aromatic carbocycles. The van der Waals surface area contributed by atoms with Gasteiger partial charge in [-0.05, 0) is 36.8 Å². The number of amides is 1. The zero-order chi connectivity index (χ0) is 15.1. The van der Waals surface area contributed by atoms with E-state index in [1.54, 1.807) is 6.20 Å². The maximum atomic E-state index is 11.8. The number of nitrogens with two attached hydrogens (primary N) is 1. The summed E-state index contributed by atoms with van der Waals surface area (Å²) in [5.74, 6) is 0.580. The predicted octanol–water partition coefficient (Wildman–Crippen LogP) is 2.26. The van der Waals surface area contributed by atoms with E-state index in [0.29, 0.717) is 18.9 Å². The Labute approximate surface area is 124 Å². The second-order valence-corrected chi connectivity index (χ2v) is 4.68. The highest BCUT2D eigenvalue weighted by Gasteiger charge is 2.03. The van der Waals surface area contributed by atoms with Crippen molar-refractivity contribution in [3.8, 4) is 5.75 Å². The van der Waals surface area contributed by atoms with Crippen molar-refractivity contribution in [2.75, 3.05) is 11.9 Å². The van der Waals surface area contributed by atoms with Gasteiger partial charge in [-0.2, -0.15) is 0 Å². The Balaban J connectivity index is 1.75.